The number of hydrogen-bond donors (Lipinski definition) is 1. The normalized spacial score (nSPS) is 14.3. The molecule has 0 bridgehead atoms. The third kappa shape index (κ3) is 7.60. The highest BCUT2D eigenvalue weighted by Gasteiger charge is 2.27. The fourth-order valence-electron chi connectivity index (χ4n) is 2.88. The summed E-state index contributed by atoms with van der Waals surface area (Å²) < 4.78 is 45.0. The number of carbonyl (C=O) groups is 1. The third-order valence-electron chi connectivity index (χ3n) is 4.77. The van der Waals surface area contributed by atoms with E-state index in [1.165, 1.54) is 19.1 Å². The zero-order valence-electron chi connectivity index (χ0n) is 19.6. The van der Waals surface area contributed by atoms with Gasteiger partial charge in [0.25, 0.3) is 6.43 Å². The molecule has 0 aromatic heterocycles. The lowest BCUT2D eigenvalue weighted by atomic mass is 9.78. The molecule has 0 radical (unpaired) electrons. The SMILES string of the molecule is CC(=CC=CC(C)=C(F)C(=O)O)c1cc(C(C)(C)C)cc(C(C)(C)C)c1OCC(F)F. The molecule has 1 N–H and O–H groups in total. The molecule has 0 saturated carbocycles. The van der Waals surface area contributed by atoms with Gasteiger partial charge in [-0.15, -0.1) is 0 Å². The molecule has 0 saturated heterocycles. The van der Waals surface area contributed by atoms with E-state index >= 15 is 0 Å². The van der Waals surface area contributed by atoms with Gasteiger partial charge >= 0.3 is 5.97 Å². The molecule has 0 unspecified atom stereocenters. The standard InChI is InChI=1S/C25H33F3O3/c1-15(10-9-11-16(2)21(28)23(29)30)18-12-17(24(3,4)5)13-19(25(6,7)8)22(18)31-14-20(26)27/h9-13,20H,14H2,1-8H3,(H,29,30). The third-order valence-corrected chi connectivity index (χ3v) is 4.77. The fourth-order valence-corrected chi connectivity index (χ4v) is 2.88. The quantitative estimate of drug-likeness (QED) is 0.361. The molecule has 0 aliphatic rings. The molecule has 1 rings (SSSR count). The van der Waals surface area contributed by atoms with E-state index in [1.54, 1.807) is 13.0 Å². The van der Waals surface area contributed by atoms with E-state index < -0.39 is 24.8 Å². The number of hydrogen-bond acceptors (Lipinski definition) is 2. The van der Waals surface area contributed by atoms with Gasteiger partial charge in [-0.1, -0.05) is 65.8 Å². The molecule has 0 amide bonds. The van der Waals surface area contributed by atoms with Gasteiger partial charge in [0.1, 0.15) is 12.4 Å². The number of alkyl halides is 2. The smallest absolute Gasteiger partial charge is 0.365 e. The Bertz CT molecular complexity index is 896. The van der Waals surface area contributed by atoms with Crippen molar-refractivity contribution < 1.29 is 27.8 Å². The van der Waals surface area contributed by atoms with E-state index in [1.807, 2.05) is 32.9 Å². The maximum Gasteiger partial charge on any atom is 0.365 e. The largest absolute Gasteiger partial charge is 0.487 e. The number of carboxylic acids is 1. The van der Waals surface area contributed by atoms with Crippen LogP contribution in [0.5, 0.6) is 5.75 Å². The molecule has 1 aromatic carbocycles. The highest BCUT2D eigenvalue weighted by atomic mass is 19.3. The van der Waals surface area contributed by atoms with Crippen LogP contribution in [0.3, 0.4) is 0 Å². The van der Waals surface area contributed by atoms with Crippen molar-refractivity contribution in [2.24, 2.45) is 0 Å². The number of allylic oxidation sites excluding steroid dienone is 5. The molecule has 0 atom stereocenters. The van der Waals surface area contributed by atoms with Crippen molar-refractivity contribution in [3.63, 3.8) is 0 Å². The van der Waals surface area contributed by atoms with Crippen LogP contribution in [0.2, 0.25) is 0 Å². The average molecular weight is 439 g/mol. The van der Waals surface area contributed by atoms with Crippen LogP contribution in [-0.2, 0) is 15.6 Å². The van der Waals surface area contributed by atoms with Crippen molar-refractivity contribution in [1.29, 1.82) is 0 Å². The van der Waals surface area contributed by atoms with Gasteiger partial charge in [0.2, 0.25) is 5.83 Å². The Hall–Kier alpha value is -2.50. The minimum absolute atomic E-state index is 0.0236. The van der Waals surface area contributed by atoms with Crippen molar-refractivity contribution in [2.75, 3.05) is 6.61 Å². The average Bonchev–Trinajstić information content (AvgIpc) is 2.62. The van der Waals surface area contributed by atoms with Crippen LogP contribution in [0.4, 0.5) is 13.2 Å². The summed E-state index contributed by atoms with van der Waals surface area (Å²) >= 11 is 0. The molecule has 0 fully saturated rings. The lowest BCUT2D eigenvalue weighted by Gasteiger charge is -2.29. The maximum atomic E-state index is 13.5. The molecule has 0 aliphatic carbocycles. The summed E-state index contributed by atoms with van der Waals surface area (Å²) in [5.74, 6) is -2.46. The lowest BCUT2D eigenvalue weighted by molar-refractivity contribution is -0.134. The van der Waals surface area contributed by atoms with E-state index in [2.05, 4.69) is 20.8 Å². The second-order valence-corrected chi connectivity index (χ2v) is 9.61. The Morgan fingerprint density at radius 1 is 1.10 bits per heavy atom. The highest BCUT2D eigenvalue weighted by molar-refractivity contribution is 5.85. The summed E-state index contributed by atoms with van der Waals surface area (Å²) in [6, 6.07) is 3.93. The number of halogens is 3. The number of benzene rings is 1. The predicted molar refractivity (Wildman–Crippen MR) is 120 cm³/mol. The number of carboxylic acid groups (broad SMARTS) is 1. The molecule has 0 heterocycles. The molecule has 3 nitrogen and oxygen atoms in total. The Balaban J connectivity index is 3.67. The van der Waals surface area contributed by atoms with Gasteiger partial charge in [-0.05, 0) is 47.5 Å². The first kappa shape index (κ1) is 26.5. The highest BCUT2D eigenvalue weighted by Crippen LogP contribution is 2.41. The van der Waals surface area contributed by atoms with E-state index in [9.17, 15) is 18.0 Å². The molecular formula is C25H33F3O3. The van der Waals surface area contributed by atoms with E-state index in [0.29, 0.717) is 11.3 Å². The zero-order valence-corrected chi connectivity index (χ0v) is 19.6. The van der Waals surface area contributed by atoms with Crippen molar-refractivity contribution in [3.8, 4) is 5.75 Å². The van der Waals surface area contributed by atoms with Gasteiger partial charge in [-0.25, -0.2) is 13.6 Å². The molecule has 172 valence electrons. The molecular weight excluding hydrogens is 405 g/mol. The van der Waals surface area contributed by atoms with Gasteiger partial charge in [0.05, 0.1) is 0 Å². The second-order valence-electron chi connectivity index (χ2n) is 9.61. The minimum Gasteiger partial charge on any atom is -0.487 e. The fraction of sp³-hybridized carbons (Fsp3) is 0.480. The van der Waals surface area contributed by atoms with Crippen LogP contribution in [0, 0.1) is 0 Å². The molecule has 0 aliphatic heterocycles. The maximum absolute atomic E-state index is 13.5. The Morgan fingerprint density at radius 3 is 2.13 bits per heavy atom. The van der Waals surface area contributed by atoms with E-state index in [4.69, 9.17) is 9.84 Å². The number of aliphatic carboxylic acids is 1. The van der Waals surface area contributed by atoms with Crippen LogP contribution >= 0.6 is 0 Å². The molecule has 6 heteroatoms. The Kier molecular flexibility index (Phi) is 8.74. The Labute approximate surface area is 183 Å². The van der Waals surface area contributed by atoms with Gasteiger partial charge in [-0.3, -0.25) is 0 Å². The summed E-state index contributed by atoms with van der Waals surface area (Å²) in [7, 11) is 0. The van der Waals surface area contributed by atoms with Crippen LogP contribution in [0.25, 0.3) is 5.57 Å². The number of ether oxygens (including phenoxy) is 1. The monoisotopic (exact) mass is 438 g/mol. The number of rotatable bonds is 7. The summed E-state index contributed by atoms with van der Waals surface area (Å²) in [5.41, 5.74) is 2.68. The molecule has 1 aromatic rings. The first-order valence-corrected chi connectivity index (χ1v) is 10.1. The van der Waals surface area contributed by atoms with E-state index in [-0.39, 0.29) is 16.4 Å². The summed E-state index contributed by atoms with van der Waals surface area (Å²) in [5, 5.41) is 8.73. The summed E-state index contributed by atoms with van der Waals surface area (Å²) in [6.07, 6.45) is 1.95. The molecule has 0 spiro atoms. The topological polar surface area (TPSA) is 46.5 Å². The van der Waals surface area contributed by atoms with Crippen molar-refractivity contribution in [1.82, 2.24) is 0 Å². The first-order chi connectivity index (χ1) is 14.1. The Morgan fingerprint density at radius 2 is 1.68 bits per heavy atom. The summed E-state index contributed by atoms with van der Waals surface area (Å²) in [6.45, 7) is 14.6. The van der Waals surface area contributed by atoms with Crippen LogP contribution in [0.15, 0.2) is 41.8 Å². The molecule has 31 heavy (non-hydrogen) atoms. The lowest BCUT2D eigenvalue weighted by Crippen LogP contribution is -2.20. The van der Waals surface area contributed by atoms with Crippen LogP contribution < -0.4 is 4.74 Å². The first-order valence-electron chi connectivity index (χ1n) is 10.1. The summed E-state index contributed by atoms with van der Waals surface area (Å²) in [4.78, 5) is 10.7. The van der Waals surface area contributed by atoms with Gasteiger partial charge in [0, 0.05) is 11.1 Å². The van der Waals surface area contributed by atoms with Crippen molar-refractivity contribution >= 4 is 11.5 Å². The second kappa shape index (κ2) is 10.2. The minimum atomic E-state index is -2.61. The van der Waals surface area contributed by atoms with Crippen LogP contribution in [0.1, 0.15) is 72.1 Å². The van der Waals surface area contributed by atoms with Gasteiger partial charge in [-0.2, -0.15) is 4.39 Å². The van der Waals surface area contributed by atoms with E-state index in [0.717, 1.165) is 16.7 Å². The van der Waals surface area contributed by atoms with Crippen molar-refractivity contribution in [3.05, 3.63) is 58.5 Å². The zero-order chi connectivity index (χ0) is 24.1. The van der Waals surface area contributed by atoms with Gasteiger partial charge < -0.3 is 9.84 Å². The van der Waals surface area contributed by atoms with Crippen molar-refractivity contribution in [2.45, 2.75) is 72.6 Å². The van der Waals surface area contributed by atoms with Crippen LogP contribution in [-0.4, -0.2) is 24.1 Å². The van der Waals surface area contributed by atoms with Gasteiger partial charge in [0.15, 0.2) is 0 Å². The predicted octanol–water partition coefficient (Wildman–Crippen LogP) is 7.21.